The zero-order chi connectivity index (χ0) is 17.3. The van der Waals surface area contributed by atoms with E-state index in [1.165, 1.54) is 56.1 Å². The van der Waals surface area contributed by atoms with Crippen LogP contribution in [0.3, 0.4) is 0 Å². The van der Waals surface area contributed by atoms with Gasteiger partial charge in [0, 0.05) is 45.2 Å². The van der Waals surface area contributed by atoms with E-state index in [-0.39, 0.29) is 24.9 Å². The Balaban J connectivity index is 1.51. The molecule has 3 fully saturated rings. The normalized spacial score (nSPS) is 29.5. The Hall–Kier alpha value is -0.660. The molecule has 0 unspecified atom stereocenters. The van der Waals surface area contributed by atoms with Gasteiger partial charge in [-0.3, -0.25) is 9.69 Å². The van der Waals surface area contributed by atoms with E-state index in [9.17, 15) is 13.2 Å². The van der Waals surface area contributed by atoms with Gasteiger partial charge in [-0.25, -0.2) is 12.7 Å². The summed E-state index contributed by atoms with van der Waals surface area (Å²) in [7, 11) is -1.69. The molecule has 0 aromatic carbocycles. The summed E-state index contributed by atoms with van der Waals surface area (Å²) >= 11 is 0. The highest BCUT2D eigenvalue weighted by atomic mass is 32.2. The summed E-state index contributed by atoms with van der Waals surface area (Å²) in [5, 5.41) is 3.21. The Morgan fingerprint density at radius 2 is 1.83 bits per heavy atom. The number of carbonyl (C=O) groups excluding carboxylic acids is 1. The summed E-state index contributed by atoms with van der Waals surface area (Å²) in [6.07, 6.45) is 9.28. The van der Waals surface area contributed by atoms with Crippen LogP contribution in [0, 0.1) is 11.8 Å². The van der Waals surface area contributed by atoms with Crippen molar-refractivity contribution in [3.05, 3.63) is 0 Å². The fourth-order valence-electron chi connectivity index (χ4n) is 4.29. The maximum Gasteiger partial charge on any atom is 0.221 e. The van der Waals surface area contributed by atoms with E-state index in [1.807, 2.05) is 0 Å². The summed E-state index contributed by atoms with van der Waals surface area (Å²) in [6.45, 7) is 2.35. The van der Waals surface area contributed by atoms with Crippen molar-refractivity contribution in [2.75, 3.05) is 32.9 Å². The van der Waals surface area contributed by atoms with Gasteiger partial charge >= 0.3 is 0 Å². The van der Waals surface area contributed by atoms with Crippen LogP contribution < -0.4 is 5.32 Å². The molecule has 0 bridgehead atoms. The minimum atomic E-state index is -3.21. The van der Waals surface area contributed by atoms with Crippen molar-refractivity contribution in [1.82, 2.24) is 14.5 Å². The first-order valence-electron chi connectivity index (χ1n) is 9.29. The molecule has 1 N–H and O–H groups in total. The highest BCUT2D eigenvalue weighted by Crippen LogP contribution is 2.42. The minimum absolute atomic E-state index is 0.0191. The van der Waals surface area contributed by atoms with Crippen molar-refractivity contribution >= 4 is 15.9 Å². The number of rotatable bonds is 7. The maximum absolute atomic E-state index is 12.3. The molecule has 1 saturated heterocycles. The predicted octanol–water partition coefficient (Wildman–Crippen LogP) is 1.04. The molecule has 1 amide bonds. The number of sulfonamides is 1. The molecule has 2 saturated carbocycles. The Morgan fingerprint density at radius 1 is 1.17 bits per heavy atom. The van der Waals surface area contributed by atoms with Gasteiger partial charge in [-0.2, -0.15) is 0 Å². The lowest BCUT2D eigenvalue weighted by Crippen LogP contribution is -2.43. The molecular weight excluding hydrogens is 326 g/mol. The number of nitrogens with zero attached hydrogens (tertiary/aromatic N) is 2. The fraction of sp³-hybridized carbons (Fsp3) is 0.941. The van der Waals surface area contributed by atoms with Gasteiger partial charge in [-0.1, -0.05) is 12.8 Å². The van der Waals surface area contributed by atoms with E-state index in [2.05, 4.69) is 10.2 Å². The Morgan fingerprint density at radius 3 is 2.42 bits per heavy atom. The number of hydrogen-bond donors (Lipinski definition) is 1. The molecule has 138 valence electrons. The van der Waals surface area contributed by atoms with E-state index in [0.29, 0.717) is 12.0 Å². The number of carbonyl (C=O) groups is 1. The van der Waals surface area contributed by atoms with Crippen molar-refractivity contribution in [3.63, 3.8) is 0 Å². The lowest BCUT2D eigenvalue weighted by molar-refractivity contribution is -0.122. The van der Waals surface area contributed by atoms with Crippen LogP contribution in [0.5, 0.6) is 0 Å². The van der Waals surface area contributed by atoms with E-state index in [0.717, 1.165) is 19.0 Å². The van der Waals surface area contributed by atoms with E-state index < -0.39 is 10.0 Å². The first kappa shape index (κ1) is 18.1. The smallest absolute Gasteiger partial charge is 0.221 e. The first-order chi connectivity index (χ1) is 11.3. The van der Waals surface area contributed by atoms with Crippen LogP contribution >= 0.6 is 0 Å². The molecule has 3 rings (SSSR count). The standard InChI is InChI=1S/C17H31N3O3S/c1-19(24(2,22)23)10-9-17(21)18-16-12-20(14-5-3-4-6-14)11-15(16)13-7-8-13/h13-16H,3-12H2,1-2H3,(H,18,21)/t15-,16+/m1/s1. The van der Waals surface area contributed by atoms with Crippen LogP contribution in [0.4, 0.5) is 0 Å². The van der Waals surface area contributed by atoms with Crippen LogP contribution in [0.2, 0.25) is 0 Å². The molecule has 2 atom stereocenters. The number of amides is 1. The number of likely N-dealkylation sites (tertiary alicyclic amines) is 1. The summed E-state index contributed by atoms with van der Waals surface area (Å²) in [5.41, 5.74) is 0. The molecule has 0 radical (unpaired) electrons. The predicted molar refractivity (Wildman–Crippen MR) is 94.1 cm³/mol. The largest absolute Gasteiger partial charge is 0.352 e. The SMILES string of the molecule is CN(CCC(=O)N[C@H]1CN(C2CCCC2)C[C@@H]1C1CC1)S(C)(=O)=O. The molecule has 1 aliphatic heterocycles. The third kappa shape index (κ3) is 4.49. The summed E-state index contributed by atoms with van der Waals surface area (Å²) in [6, 6.07) is 0.957. The zero-order valence-corrected chi connectivity index (χ0v) is 15.7. The van der Waals surface area contributed by atoms with Crippen molar-refractivity contribution in [2.45, 2.75) is 57.0 Å². The second kappa shape index (κ2) is 7.30. The van der Waals surface area contributed by atoms with Crippen LogP contribution in [-0.4, -0.2) is 68.6 Å². The Kier molecular flexibility index (Phi) is 5.52. The van der Waals surface area contributed by atoms with Crippen molar-refractivity contribution in [1.29, 1.82) is 0 Å². The van der Waals surface area contributed by atoms with E-state index in [1.54, 1.807) is 0 Å². The van der Waals surface area contributed by atoms with Crippen LogP contribution in [-0.2, 0) is 14.8 Å². The number of nitrogens with one attached hydrogen (secondary N) is 1. The fourth-order valence-corrected chi connectivity index (χ4v) is 4.71. The average Bonchev–Trinajstić information content (AvgIpc) is 3.05. The van der Waals surface area contributed by atoms with Crippen molar-refractivity contribution < 1.29 is 13.2 Å². The van der Waals surface area contributed by atoms with Gasteiger partial charge in [0.2, 0.25) is 15.9 Å². The molecule has 3 aliphatic rings. The molecule has 0 aromatic rings. The summed E-state index contributed by atoms with van der Waals surface area (Å²) < 4.78 is 24.1. The van der Waals surface area contributed by atoms with Crippen LogP contribution in [0.1, 0.15) is 44.9 Å². The van der Waals surface area contributed by atoms with Gasteiger partial charge in [0.15, 0.2) is 0 Å². The second-order valence-corrected chi connectivity index (χ2v) is 9.99. The molecule has 7 heteroatoms. The molecule has 2 aliphatic carbocycles. The quantitative estimate of drug-likeness (QED) is 0.739. The molecule has 0 spiro atoms. The maximum atomic E-state index is 12.3. The minimum Gasteiger partial charge on any atom is -0.352 e. The second-order valence-electron chi connectivity index (χ2n) is 7.90. The third-order valence-electron chi connectivity index (χ3n) is 6.03. The molecular formula is C17H31N3O3S. The number of hydrogen-bond acceptors (Lipinski definition) is 4. The zero-order valence-electron chi connectivity index (χ0n) is 14.9. The van der Waals surface area contributed by atoms with Gasteiger partial charge in [0.1, 0.15) is 0 Å². The van der Waals surface area contributed by atoms with Crippen molar-refractivity contribution in [3.8, 4) is 0 Å². The first-order valence-corrected chi connectivity index (χ1v) is 11.1. The van der Waals surface area contributed by atoms with Crippen molar-refractivity contribution in [2.24, 2.45) is 11.8 Å². The third-order valence-corrected chi connectivity index (χ3v) is 7.34. The Bertz CT molecular complexity index is 555. The molecule has 6 nitrogen and oxygen atoms in total. The lowest BCUT2D eigenvalue weighted by Gasteiger charge is -2.23. The molecule has 0 aromatic heterocycles. The van der Waals surface area contributed by atoms with Crippen LogP contribution in [0.25, 0.3) is 0 Å². The molecule has 24 heavy (non-hydrogen) atoms. The highest BCUT2D eigenvalue weighted by Gasteiger charge is 2.44. The lowest BCUT2D eigenvalue weighted by atomic mass is 9.98. The van der Waals surface area contributed by atoms with Gasteiger partial charge in [0.25, 0.3) is 0 Å². The van der Waals surface area contributed by atoms with Gasteiger partial charge in [0.05, 0.1) is 6.26 Å². The van der Waals surface area contributed by atoms with E-state index >= 15 is 0 Å². The summed E-state index contributed by atoms with van der Waals surface area (Å²) in [5.74, 6) is 1.34. The van der Waals surface area contributed by atoms with Gasteiger partial charge in [-0.05, 0) is 37.5 Å². The highest BCUT2D eigenvalue weighted by molar-refractivity contribution is 7.88. The van der Waals surface area contributed by atoms with Crippen LogP contribution in [0.15, 0.2) is 0 Å². The van der Waals surface area contributed by atoms with Gasteiger partial charge in [-0.15, -0.1) is 0 Å². The van der Waals surface area contributed by atoms with E-state index in [4.69, 9.17) is 0 Å². The Labute approximate surface area is 146 Å². The van der Waals surface area contributed by atoms with Gasteiger partial charge < -0.3 is 5.32 Å². The topological polar surface area (TPSA) is 69.7 Å². The summed E-state index contributed by atoms with van der Waals surface area (Å²) in [4.78, 5) is 14.9. The average molecular weight is 358 g/mol. The molecule has 1 heterocycles. The monoisotopic (exact) mass is 357 g/mol.